The molecule has 1 heterocycles. The first-order valence-corrected chi connectivity index (χ1v) is 7.05. The first-order valence-electron chi connectivity index (χ1n) is 7.05. The molecule has 1 aliphatic heterocycles. The van der Waals surface area contributed by atoms with Gasteiger partial charge in [-0.2, -0.15) is 0 Å². The van der Waals surface area contributed by atoms with Crippen LogP contribution < -0.4 is 10.6 Å². The number of carbonyl (C=O) groups is 2. The molecule has 0 aromatic rings. The molecular weight excluding hydrogens is 244 g/mol. The number of ether oxygens (including phenoxy) is 1. The fraction of sp³-hybridized carbons (Fsp3) is 0.714. The van der Waals surface area contributed by atoms with Crippen LogP contribution in [0.4, 0.5) is 4.79 Å². The Balaban J connectivity index is 2.70. The SMILES string of the molecule is CCCCCCC1NC(=O)NC(C)=C1C(=O)OCC. The highest BCUT2D eigenvalue weighted by Gasteiger charge is 2.30. The normalized spacial score (nSPS) is 18.9. The molecule has 0 spiro atoms. The second-order valence-electron chi connectivity index (χ2n) is 4.76. The van der Waals surface area contributed by atoms with Crippen LogP contribution in [0.3, 0.4) is 0 Å². The summed E-state index contributed by atoms with van der Waals surface area (Å²) in [4.78, 5) is 23.4. The maximum atomic E-state index is 11.9. The largest absolute Gasteiger partial charge is 0.463 e. The first-order chi connectivity index (χ1) is 9.10. The molecule has 1 aliphatic rings. The van der Waals surface area contributed by atoms with Gasteiger partial charge in [-0.3, -0.25) is 0 Å². The van der Waals surface area contributed by atoms with Crippen molar-refractivity contribution in [2.45, 2.75) is 58.9 Å². The zero-order chi connectivity index (χ0) is 14.3. The Morgan fingerprint density at radius 1 is 1.26 bits per heavy atom. The fourth-order valence-electron chi connectivity index (χ4n) is 2.26. The predicted octanol–water partition coefficient (Wildman–Crippen LogP) is 2.48. The lowest BCUT2D eigenvalue weighted by Crippen LogP contribution is -2.49. The number of nitrogens with one attached hydrogen (secondary N) is 2. The molecule has 0 aromatic heterocycles. The van der Waals surface area contributed by atoms with Crippen LogP contribution >= 0.6 is 0 Å². The number of amides is 2. The number of allylic oxidation sites excluding steroid dienone is 1. The van der Waals surface area contributed by atoms with E-state index in [9.17, 15) is 9.59 Å². The van der Waals surface area contributed by atoms with E-state index in [1.807, 2.05) is 0 Å². The number of urea groups is 1. The molecule has 1 unspecified atom stereocenters. The van der Waals surface area contributed by atoms with Gasteiger partial charge in [-0.15, -0.1) is 0 Å². The minimum absolute atomic E-state index is 0.232. The summed E-state index contributed by atoms with van der Waals surface area (Å²) in [5.74, 6) is -0.340. The minimum atomic E-state index is -0.340. The third-order valence-electron chi connectivity index (χ3n) is 3.20. The van der Waals surface area contributed by atoms with E-state index < -0.39 is 0 Å². The van der Waals surface area contributed by atoms with Crippen molar-refractivity contribution in [2.75, 3.05) is 6.61 Å². The lowest BCUT2D eigenvalue weighted by atomic mass is 9.97. The van der Waals surface area contributed by atoms with Crippen LogP contribution in [0, 0.1) is 0 Å². The van der Waals surface area contributed by atoms with Gasteiger partial charge in [-0.1, -0.05) is 32.6 Å². The first kappa shape index (κ1) is 15.5. The van der Waals surface area contributed by atoms with Crippen molar-refractivity contribution < 1.29 is 14.3 Å². The zero-order valence-corrected chi connectivity index (χ0v) is 12.0. The summed E-state index contributed by atoms with van der Waals surface area (Å²) in [6.07, 6.45) is 5.23. The Bertz CT molecular complexity index is 364. The van der Waals surface area contributed by atoms with Crippen LogP contribution in [0.2, 0.25) is 0 Å². The van der Waals surface area contributed by atoms with E-state index in [-0.39, 0.29) is 18.0 Å². The molecule has 1 atom stereocenters. The van der Waals surface area contributed by atoms with Crippen molar-refractivity contribution in [1.29, 1.82) is 0 Å². The van der Waals surface area contributed by atoms with Crippen molar-refractivity contribution in [3.63, 3.8) is 0 Å². The Morgan fingerprint density at radius 2 is 2.00 bits per heavy atom. The molecule has 2 amide bonds. The van der Waals surface area contributed by atoms with Crippen LogP contribution in [0.1, 0.15) is 52.9 Å². The molecule has 19 heavy (non-hydrogen) atoms. The number of hydrogen-bond donors (Lipinski definition) is 2. The molecule has 2 N–H and O–H groups in total. The summed E-state index contributed by atoms with van der Waals surface area (Å²) in [5.41, 5.74) is 1.15. The van der Waals surface area contributed by atoms with E-state index in [0.29, 0.717) is 17.9 Å². The van der Waals surface area contributed by atoms with Gasteiger partial charge in [0.25, 0.3) is 0 Å². The van der Waals surface area contributed by atoms with Gasteiger partial charge in [0.05, 0.1) is 18.2 Å². The highest BCUT2D eigenvalue weighted by Crippen LogP contribution is 2.19. The van der Waals surface area contributed by atoms with E-state index in [1.54, 1.807) is 13.8 Å². The highest BCUT2D eigenvalue weighted by molar-refractivity contribution is 5.94. The van der Waals surface area contributed by atoms with Crippen LogP contribution in [-0.2, 0) is 9.53 Å². The van der Waals surface area contributed by atoms with Gasteiger partial charge in [-0.05, 0) is 20.3 Å². The summed E-state index contributed by atoms with van der Waals surface area (Å²) in [7, 11) is 0. The second kappa shape index (κ2) is 7.81. The number of rotatable bonds is 7. The minimum Gasteiger partial charge on any atom is -0.463 e. The molecule has 1 rings (SSSR count). The molecule has 5 nitrogen and oxygen atoms in total. The molecule has 0 saturated carbocycles. The topological polar surface area (TPSA) is 67.4 Å². The average Bonchev–Trinajstić information content (AvgIpc) is 2.34. The molecule has 0 saturated heterocycles. The molecular formula is C14H24N2O3. The monoisotopic (exact) mass is 268 g/mol. The Hall–Kier alpha value is -1.52. The summed E-state index contributed by atoms with van der Waals surface area (Å²) in [6.45, 7) is 6.01. The number of hydrogen-bond acceptors (Lipinski definition) is 3. The predicted molar refractivity (Wildman–Crippen MR) is 73.5 cm³/mol. The van der Waals surface area contributed by atoms with Crippen LogP contribution in [-0.4, -0.2) is 24.6 Å². The van der Waals surface area contributed by atoms with Crippen molar-refractivity contribution >= 4 is 12.0 Å². The van der Waals surface area contributed by atoms with E-state index >= 15 is 0 Å². The van der Waals surface area contributed by atoms with Crippen LogP contribution in [0.15, 0.2) is 11.3 Å². The third kappa shape index (κ3) is 4.58. The van der Waals surface area contributed by atoms with E-state index in [0.717, 1.165) is 25.7 Å². The van der Waals surface area contributed by atoms with Crippen LogP contribution in [0.5, 0.6) is 0 Å². The van der Waals surface area contributed by atoms with E-state index in [2.05, 4.69) is 17.6 Å². The van der Waals surface area contributed by atoms with E-state index in [4.69, 9.17) is 4.74 Å². The van der Waals surface area contributed by atoms with Gasteiger partial charge < -0.3 is 15.4 Å². The standard InChI is InChI=1S/C14H24N2O3/c1-4-6-7-8-9-11-12(13(17)19-5-2)10(3)15-14(18)16-11/h11H,4-9H2,1-3H3,(H2,15,16,18). The van der Waals surface area contributed by atoms with Crippen molar-refractivity contribution in [3.8, 4) is 0 Å². The van der Waals surface area contributed by atoms with Crippen molar-refractivity contribution in [1.82, 2.24) is 10.6 Å². The van der Waals surface area contributed by atoms with Gasteiger partial charge in [-0.25, -0.2) is 9.59 Å². The van der Waals surface area contributed by atoms with Gasteiger partial charge >= 0.3 is 12.0 Å². The Morgan fingerprint density at radius 3 is 2.63 bits per heavy atom. The van der Waals surface area contributed by atoms with Crippen molar-refractivity contribution in [2.24, 2.45) is 0 Å². The molecule has 0 fully saturated rings. The maximum Gasteiger partial charge on any atom is 0.337 e. The van der Waals surface area contributed by atoms with Gasteiger partial charge in [0.15, 0.2) is 0 Å². The number of esters is 1. The zero-order valence-electron chi connectivity index (χ0n) is 12.0. The molecule has 108 valence electrons. The summed E-state index contributed by atoms with van der Waals surface area (Å²) < 4.78 is 5.06. The van der Waals surface area contributed by atoms with Gasteiger partial charge in [0.2, 0.25) is 0 Å². The van der Waals surface area contributed by atoms with Gasteiger partial charge in [0, 0.05) is 5.70 Å². The van der Waals surface area contributed by atoms with Gasteiger partial charge in [0.1, 0.15) is 0 Å². The second-order valence-corrected chi connectivity index (χ2v) is 4.76. The number of carbonyl (C=O) groups excluding carboxylic acids is 2. The average molecular weight is 268 g/mol. The smallest absolute Gasteiger partial charge is 0.337 e. The molecule has 0 radical (unpaired) electrons. The van der Waals surface area contributed by atoms with E-state index in [1.165, 1.54) is 6.42 Å². The molecule has 5 heteroatoms. The molecule has 0 aliphatic carbocycles. The van der Waals surface area contributed by atoms with Crippen molar-refractivity contribution in [3.05, 3.63) is 11.3 Å². The Labute approximate surface area is 114 Å². The maximum absolute atomic E-state index is 11.9. The lowest BCUT2D eigenvalue weighted by Gasteiger charge is -2.27. The quantitative estimate of drug-likeness (QED) is 0.550. The highest BCUT2D eigenvalue weighted by atomic mass is 16.5. The molecule has 0 bridgehead atoms. The van der Waals surface area contributed by atoms with Crippen LogP contribution in [0.25, 0.3) is 0 Å². The lowest BCUT2D eigenvalue weighted by molar-refractivity contribution is -0.139. The fourth-order valence-corrected chi connectivity index (χ4v) is 2.26. The summed E-state index contributed by atoms with van der Waals surface area (Å²) in [5, 5.41) is 5.43. The third-order valence-corrected chi connectivity index (χ3v) is 3.20. The number of unbranched alkanes of at least 4 members (excludes halogenated alkanes) is 3. The summed E-state index contributed by atoms with van der Waals surface area (Å²) >= 11 is 0. The summed E-state index contributed by atoms with van der Waals surface area (Å²) in [6, 6.07) is -0.476. The molecule has 0 aromatic carbocycles. The Kier molecular flexibility index (Phi) is 6.39.